The predicted octanol–water partition coefficient (Wildman–Crippen LogP) is 3.73. The van der Waals surface area contributed by atoms with Gasteiger partial charge in [-0.15, -0.1) is 0 Å². The van der Waals surface area contributed by atoms with Crippen LogP contribution in [0.2, 0.25) is 0 Å². The fourth-order valence-corrected chi connectivity index (χ4v) is 2.34. The van der Waals surface area contributed by atoms with Gasteiger partial charge in [0.2, 0.25) is 5.91 Å². The molecule has 0 aliphatic rings. The Morgan fingerprint density at radius 3 is 2.57 bits per heavy atom. The fourth-order valence-electron chi connectivity index (χ4n) is 2.08. The average Bonchev–Trinajstić information content (AvgIpc) is 2.43. The molecular weight excluding hydrogens is 335 g/mol. The Bertz CT molecular complexity index is 643. The molecule has 5 heteroatoms. The largest absolute Gasteiger partial charge is 0.380 e. The Morgan fingerprint density at radius 1 is 1.29 bits per heavy atom. The molecule has 0 saturated carbocycles. The van der Waals surface area contributed by atoms with Crippen molar-refractivity contribution in [2.75, 3.05) is 5.32 Å². The Morgan fingerprint density at radius 2 is 1.95 bits per heavy atom. The molecule has 2 rings (SSSR count). The quantitative estimate of drug-likeness (QED) is 0.863. The number of nitrogens with two attached hydrogens (primary N) is 1. The second kappa shape index (κ2) is 6.72. The zero-order chi connectivity index (χ0) is 15.4. The number of benzene rings is 2. The van der Waals surface area contributed by atoms with E-state index in [9.17, 15) is 9.18 Å². The first-order chi connectivity index (χ1) is 9.95. The SMILES string of the molecule is CC(Cc1ccc(Br)cc1)Nc1cc(C(N)=O)ccc1F. The highest BCUT2D eigenvalue weighted by molar-refractivity contribution is 9.10. The van der Waals surface area contributed by atoms with Crippen molar-refractivity contribution in [3.63, 3.8) is 0 Å². The highest BCUT2D eigenvalue weighted by Gasteiger charge is 2.10. The van der Waals surface area contributed by atoms with E-state index in [0.29, 0.717) is 0 Å². The fraction of sp³-hybridized carbons (Fsp3) is 0.188. The summed E-state index contributed by atoms with van der Waals surface area (Å²) in [5.74, 6) is -0.971. The lowest BCUT2D eigenvalue weighted by Crippen LogP contribution is -2.20. The smallest absolute Gasteiger partial charge is 0.248 e. The van der Waals surface area contributed by atoms with E-state index >= 15 is 0 Å². The van der Waals surface area contributed by atoms with E-state index in [1.165, 1.54) is 18.2 Å². The number of primary amides is 1. The summed E-state index contributed by atoms with van der Waals surface area (Å²) in [5.41, 5.74) is 6.93. The molecule has 1 atom stereocenters. The third kappa shape index (κ3) is 4.29. The number of anilines is 1. The van der Waals surface area contributed by atoms with Gasteiger partial charge in [-0.1, -0.05) is 28.1 Å². The van der Waals surface area contributed by atoms with E-state index < -0.39 is 11.7 Å². The Balaban J connectivity index is 2.08. The molecule has 1 unspecified atom stereocenters. The van der Waals surface area contributed by atoms with Crippen LogP contribution in [0.25, 0.3) is 0 Å². The monoisotopic (exact) mass is 350 g/mol. The number of nitrogens with one attached hydrogen (secondary N) is 1. The van der Waals surface area contributed by atoms with Crippen molar-refractivity contribution < 1.29 is 9.18 Å². The van der Waals surface area contributed by atoms with Crippen LogP contribution in [0.5, 0.6) is 0 Å². The Hall–Kier alpha value is -1.88. The van der Waals surface area contributed by atoms with Crippen molar-refractivity contribution in [3.8, 4) is 0 Å². The third-order valence-corrected chi connectivity index (χ3v) is 3.64. The number of halogens is 2. The van der Waals surface area contributed by atoms with E-state index in [1.54, 1.807) is 0 Å². The number of hydrogen-bond acceptors (Lipinski definition) is 2. The predicted molar refractivity (Wildman–Crippen MR) is 85.8 cm³/mol. The highest BCUT2D eigenvalue weighted by Crippen LogP contribution is 2.19. The van der Waals surface area contributed by atoms with Crippen LogP contribution in [0.3, 0.4) is 0 Å². The summed E-state index contributed by atoms with van der Waals surface area (Å²) in [7, 11) is 0. The van der Waals surface area contributed by atoms with Gasteiger partial charge in [-0.05, 0) is 49.2 Å². The van der Waals surface area contributed by atoms with E-state index in [2.05, 4.69) is 21.2 Å². The van der Waals surface area contributed by atoms with Gasteiger partial charge >= 0.3 is 0 Å². The molecule has 2 aromatic rings. The van der Waals surface area contributed by atoms with Crippen molar-refractivity contribution in [3.05, 3.63) is 63.9 Å². The standard InChI is InChI=1S/C16H16BrFN2O/c1-10(8-11-2-5-13(17)6-3-11)20-15-9-12(16(19)21)4-7-14(15)18/h2-7,9-10,20H,8H2,1H3,(H2,19,21). The molecule has 0 aliphatic carbocycles. The third-order valence-electron chi connectivity index (χ3n) is 3.11. The van der Waals surface area contributed by atoms with Gasteiger partial charge in [-0.2, -0.15) is 0 Å². The molecule has 3 N–H and O–H groups in total. The molecule has 1 amide bonds. The van der Waals surface area contributed by atoms with Crippen LogP contribution in [-0.2, 0) is 6.42 Å². The summed E-state index contributed by atoms with van der Waals surface area (Å²) in [6.07, 6.45) is 0.744. The summed E-state index contributed by atoms with van der Waals surface area (Å²) in [4.78, 5) is 11.1. The second-order valence-corrected chi connectivity index (χ2v) is 5.85. The van der Waals surface area contributed by atoms with Crippen LogP contribution in [0.15, 0.2) is 46.9 Å². The molecule has 21 heavy (non-hydrogen) atoms. The summed E-state index contributed by atoms with van der Waals surface area (Å²) in [5, 5.41) is 3.07. The lowest BCUT2D eigenvalue weighted by molar-refractivity contribution is 0.100. The van der Waals surface area contributed by atoms with Crippen molar-refractivity contribution in [2.45, 2.75) is 19.4 Å². The van der Waals surface area contributed by atoms with Crippen LogP contribution in [0.1, 0.15) is 22.8 Å². The number of amides is 1. The molecule has 0 saturated heterocycles. The average molecular weight is 351 g/mol. The van der Waals surface area contributed by atoms with E-state index in [4.69, 9.17) is 5.73 Å². The zero-order valence-corrected chi connectivity index (χ0v) is 13.2. The van der Waals surface area contributed by atoms with E-state index in [0.717, 1.165) is 16.5 Å². The minimum absolute atomic E-state index is 0.0174. The van der Waals surface area contributed by atoms with Crippen LogP contribution in [0.4, 0.5) is 10.1 Å². The van der Waals surface area contributed by atoms with Gasteiger partial charge in [0.05, 0.1) is 5.69 Å². The minimum atomic E-state index is -0.571. The van der Waals surface area contributed by atoms with Gasteiger partial charge in [0.1, 0.15) is 5.82 Å². The van der Waals surface area contributed by atoms with Crippen LogP contribution in [-0.4, -0.2) is 11.9 Å². The molecule has 0 heterocycles. The molecule has 110 valence electrons. The molecule has 0 spiro atoms. The first-order valence-corrected chi connectivity index (χ1v) is 7.35. The van der Waals surface area contributed by atoms with Crippen LogP contribution >= 0.6 is 15.9 Å². The number of hydrogen-bond donors (Lipinski definition) is 2. The van der Waals surface area contributed by atoms with Gasteiger partial charge in [0, 0.05) is 16.1 Å². The summed E-state index contributed by atoms with van der Waals surface area (Å²) in [6.45, 7) is 1.96. The van der Waals surface area contributed by atoms with Crippen LogP contribution in [0, 0.1) is 5.82 Å². The van der Waals surface area contributed by atoms with Crippen molar-refractivity contribution in [2.24, 2.45) is 5.73 Å². The van der Waals surface area contributed by atoms with Gasteiger partial charge in [-0.3, -0.25) is 4.79 Å². The maximum absolute atomic E-state index is 13.8. The minimum Gasteiger partial charge on any atom is -0.380 e. The van der Waals surface area contributed by atoms with Gasteiger partial charge < -0.3 is 11.1 Å². The number of rotatable bonds is 5. The Kier molecular flexibility index (Phi) is 4.96. The topological polar surface area (TPSA) is 55.1 Å². The molecule has 0 bridgehead atoms. The highest BCUT2D eigenvalue weighted by atomic mass is 79.9. The van der Waals surface area contributed by atoms with Gasteiger partial charge in [0.25, 0.3) is 0 Å². The molecule has 0 fully saturated rings. The van der Waals surface area contributed by atoms with Crippen LogP contribution < -0.4 is 11.1 Å². The first kappa shape index (κ1) is 15.5. The van der Waals surface area contributed by atoms with E-state index in [-0.39, 0.29) is 17.3 Å². The molecule has 0 aliphatic heterocycles. The molecule has 2 aromatic carbocycles. The molecule has 0 aromatic heterocycles. The number of carbonyl (C=O) groups excluding carboxylic acids is 1. The first-order valence-electron chi connectivity index (χ1n) is 6.56. The summed E-state index contributed by atoms with van der Waals surface area (Å²) in [6, 6.07) is 12.0. The molecule has 3 nitrogen and oxygen atoms in total. The van der Waals surface area contributed by atoms with Crippen molar-refractivity contribution >= 4 is 27.5 Å². The lowest BCUT2D eigenvalue weighted by atomic mass is 10.1. The summed E-state index contributed by atoms with van der Waals surface area (Å²) >= 11 is 3.39. The van der Waals surface area contributed by atoms with Gasteiger partial charge in [0.15, 0.2) is 0 Å². The van der Waals surface area contributed by atoms with E-state index in [1.807, 2.05) is 31.2 Å². The molecule has 0 radical (unpaired) electrons. The summed E-state index contributed by atoms with van der Waals surface area (Å²) < 4.78 is 14.8. The number of carbonyl (C=O) groups is 1. The van der Waals surface area contributed by atoms with Crippen molar-refractivity contribution in [1.29, 1.82) is 0 Å². The lowest BCUT2D eigenvalue weighted by Gasteiger charge is -2.16. The second-order valence-electron chi connectivity index (χ2n) is 4.93. The maximum Gasteiger partial charge on any atom is 0.248 e. The van der Waals surface area contributed by atoms with Gasteiger partial charge in [-0.25, -0.2) is 4.39 Å². The van der Waals surface area contributed by atoms with Crippen molar-refractivity contribution in [1.82, 2.24) is 0 Å². The zero-order valence-electron chi connectivity index (χ0n) is 11.6. The maximum atomic E-state index is 13.8. The molecular formula is C16H16BrFN2O. The Labute approximate surface area is 131 Å². The normalized spacial score (nSPS) is 12.0.